The number of benzene rings is 1. The molecule has 0 unspecified atom stereocenters. The molecule has 2 aromatic rings. The van der Waals surface area contributed by atoms with Crippen LogP contribution < -0.4 is 4.74 Å². The van der Waals surface area contributed by atoms with Crippen molar-refractivity contribution < 1.29 is 13.5 Å². The minimum Gasteiger partial charge on any atom is -0.459 e. The fraction of sp³-hybridized carbons (Fsp3) is 0.154. The third-order valence-electron chi connectivity index (χ3n) is 2.24. The van der Waals surface area contributed by atoms with Gasteiger partial charge < -0.3 is 4.74 Å². The Balaban J connectivity index is 2.07. The predicted octanol–water partition coefficient (Wildman–Crippen LogP) is 3.06. The van der Waals surface area contributed by atoms with Crippen molar-refractivity contribution in [1.82, 2.24) is 9.97 Å². The van der Waals surface area contributed by atoms with Crippen LogP contribution in [-0.4, -0.2) is 16.2 Å². The first-order valence-electron chi connectivity index (χ1n) is 5.57. The van der Waals surface area contributed by atoms with E-state index in [9.17, 15) is 8.78 Å². The number of hydrogen-bond donors (Lipinski definition) is 0. The van der Waals surface area contributed by atoms with Gasteiger partial charge in [0.25, 0.3) is 0 Å². The number of ether oxygens (including phenoxy) is 1. The van der Waals surface area contributed by atoms with Crippen molar-refractivity contribution in [2.45, 2.75) is 13.5 Å². The summed E-state index contributed by atoms with van der Waals surface area (Å²) in [4.78, 5) is 11.3. The van der Waals surface area contributed by atoms with Crippen LogP contribution in [0.4, 0.5) is 14.6 Å². The molecule has 0 spiro atoms. The summed E-state index contributed by atoms with van der Waals surface area (Å²) in [5.41, 5.74) is 0.759. The van der Waals surface area contributed by atoms with Crippen molar-refractivity contribution in [3.05, 3.63) is 47.7 Å². The van der Waals surface area contributed by atoms with Crippen molar-refractivity contribution in [1.29, 1.82) is 0 Å². The van der Waals surface area contributed by atoms with Crippen LogP contribution in [0.3, 0.4) is 0 Å². The normalized spacial score (nSPS) is 10.9. The van der Waals surface area contributed by atoms with Crippen LogP contribution in [0.2, 0.25) is 0 Å². The molecule has 0 saturated carbocycles. The highest BCUT2D eigenvalue weighted by molar-refractivity contribution is 5.58. The molecule has 19 heavy (non-hydrogen) atoms. The molecule has 0 bridgehead atoms. The van der Waals surface area contributed by atoms with Crippen LogP contribution in [0.15, 0.2) is 35.5 Å². The van der Waals surface area contributed by atoms with Crippen LogP contribution in [-0.2, 0) is 6.61 Å². The van der Waals surface area contributed by atoms with E-state index >= 15 is 0 Å². The molecule has 0 fully saturated rings. The van der Waals surface area contributed by atoms with Crippen molar-refractivity contribution >= 4 is 12.0 Å². The highest BCUT2D eigenvalue weighted by Gasteiger charge is 2.06. The molecule has 2 rings (SSSR count). The zero-order chi connectivity index (χ0) is 13.7. The molecule has 0 aliphatic carbocycles. The first kappa shape index (κ1) is 13.1. The third-order valence-corrected chi connectivity index (χ3v) is 2.24. The quantitative estimate of drug-likeness (QED) is 0.796. The van der Waals surface area contributed by atoms with Crippen molar-refractivity contribution in [3.8, 4) is 6.01 Å². The van der Waals surface area contributed by atoms with E-state index in [1.165, 1.54) is 18.3 Å². The Labute approximate surface area is 108 Å². The van der Waals surface area contributed by atoms with Gasteiger partial charge in [0, 0.05) is 6.21 Å². The van der Waals surface area contributed by atoms with Gasteiger partial charge in [0.05, 0.1) is 6.20 Å². The maximum Gasteiger partial charge on any atom is 0.318 e. The van der Waals surface area contributed by atoms with Gasteiger partial charge in [-0.3, -0.25) is 0 Å². The molecular weight excluding hydrogens is 252 g/mol. The van der Waals surface area contributed by atoms with Crippen molar-refractivity contribution in [3.63, 3.8) is 0 Å². The highest BCUT2D eigenvalue weighted by atomic mass is 19.1. The number of rotatable bonds is 4. The summed E-state index contributed by atoms with van der Waals surface area (Å²) in [6, 6.07) is 5.86. The van der Waals surface area contributed by atoms with Gasteiger partial charge >= 0.3 is 6.01 Å². The van der Waals surface area contributed by atoms with Crippen LogP contribution in [0, 0.1) is 11.6 Å². The van der Waals surface area contributed by atoms with Gasteiger partial charge in [-0.25, -0.2) is 18.8 Å². The van der Waals surface area contributed by atoms with Crippen LogP contribution in [0.25, 0.3) is 0 Å². The zero-order valence-electron chi connectivity index (χ0n) is 10.2. The van der Waals surface area contributed by atoms with E-state index < -0.39 is 5.82 Å². The summed E-state index contributed by atoms with van der Waals surface area (Å²) in [5, 5.41) is 0. The molecule has 0 atom stereocenters. The summed E-state index contributed by atoms with van der Waals surface area (Å²) < 4.78 is 31.2. The molecule has 6 heteroatoms. The molecule has 0 aliphatic heterocycles. The number of nitrogens with zero attached hydrogens (tertiary/aromatic N) is 3. The van der Waals surface area contributed by atoms with E-state index in [4.69, 9.17) is 4.74 Å². The molecule has 1 heterocycles. The molecule has 1 aromatic heterocycles. The molecule has 0 saturated heterocycles. The lowest BCUT2D eigenvalue weighted by Crippen LogP contribution is -2.00. The van der Waals surface area contributed by atoms with Gasteiger partial charge in [0.1, 0.15) is 12.4 Å². The first-order chi connectivity index (χ1) is 9.19. The third kappa shape index (κ3) is 3.54. The summed E-state index contributed by atoms with van der Waals surface area (Å²) in [6.07, 6.45) is 2.42. The SMILES string of the molecule is C/C=N/c1nc(OCc2ccc(F)cc2)ncc1F. The van der Waals surface area contributed by atoms with Gasteiger partial charge in [0.15, 0.2) is 11.6 Å². The summed E-state index contributed by atoms with van der Waals surface area (Å²) >= 11 is 0. The van der Waals surface area contributed by atoms with Crippen LogP contribution in [0.5, 0.6) is 6.01 Å². The largest absolute Gasteiger partial charge is 0.459 e. The molecular formula is C13H11F2N3O. The average Bonchev–Trinajstić information content (AvgIpc) is 2.42. The van der Waals surface area contributed by atoms with E-state index in [0.29, 0.717) is 0 Å². The Morgan fingerprint density at radius 1 is 1.26 bits per heavy atom. The fourth-order valence-corrected chi connectivity index (χ4v) is 1.35. The zero-order valence-corrected chi connectivity index (χ0v) is 10.2. The van der Waals surface area contributed by atoms with Gasteiger partial charge in [-0.2, -0.15) is 4.98 Å². The second-order valence-corrected chi connectivity index (χ2v) is 3.63. The number of aliphatic imine (C=N–C) groups is 1. The summed E-state index contributed by atoms with van der Waals surface area (Å²) in [5.74, 6) is -1.01. The lowest BCUT2D eigenvalue weighted by Gasteiger charge is -2.05. The number of halogens is 2. The van der Waals surface area contributed by atoms with Crippen molar-refractivity contribution in [2.75, 3.05) is 0 Å². The lowest BCUT2D eigenvalue weighted by atomic mass is 10.2. The standard InChI is InChI=1S/C13H11F2N3O/c1-2-16-12-11(15)7-17-13(18-12)19-8-9-3-5-10(14)6-4-9/h2-7H,8H2,1H3/b16-2+. The fourth-order valence-electron chi connectivity index (χ4n) is 1.35. The van der Waals surface area contributed by atoms with E-state index in [-0.39, 0.29) is 24.3 Å². The molecule has 1 aromatic carbocycles. The Bertz CT molecular complexity index is 585. The summed E-state index contributed by atoms with van der Waals surface area (Å²) in [7, 11) is 0. The molecule has 0 amide bonds. The van der Waals surface area contributed by atoms with Gasteiger partial charge in [-0.15, -0.1) is 0 Å². The minimum absolute atomic E-state index is 0.0197. The molecule has 0 aliphatic rings. The molecule has 0 N–H and O–H groups in total. The Kier molecular flexibility index (Phi) is 4.12. The van der Waals surface area contributed by atoms with E-state index in [0.717, 1.165) is 11.8 Å². The molecule has 98 valence electrons. The number of aromatic nitrogens is 2. The summed E-state index contributed by atoms with van der Waals surface area (Å²) in [6.45, 7) is 1.82. The predicted molar refractivity (Wildman–Crippen MR) is 66.5 cm³/mol. The Morgan fingerprint density at radius 3 is 2.68 bits per heavy atom. The maximum absolute atomic E-state index is 13.2. The second kappa shape index (κ2) is 5.99. The van der Waals surface area contributed by atoms with E-state index in [1.807, 2.05) is 0 Å². The Morgan fingerprint density at radius 2 is 2.00 bits per heavy atom. The second-order valence-electron chi connectivity index (χ2n) is 3.63. The van der Waals surface area contributed by atoms with E-state index in [1.54, 1.807) is 19.1 Å². The van der Waals surface area contributed by atoms with Crippen LogP contribution >= 0.6 is 0 Å². The van der Waals surface area contributed by atoms with Gasteiger partial charge in [-0.1, -0.05) is 12.1 Å². The topological polar surface area (TPSA) is 47.4 Å². The minimum atomic E-state index is -0.618. The van der Waals surface area contributed by atoms with Gasteiger partial charge in [0.2, 0.25) is 0 Å². The average molecular weight is 263 g/mol. The Hall–Kier alpha value is -2.37. The van der Waals surface area contributed by atoms with E-state index in [2.05, 4.69) is 15.0 Å². The van der Waals surface area contributed by atoms with Crippen molar-refractivity contribution in [2.24, 2.45) is 4.99 Å². The first-order valence-corrected chi connectivity index (χ1v) is 5.57. The smallest absolute Gasteiger partial charge is 0.318 e. The number of hydrogen-bond acceptors (Lipinski definition) is 4. The maximum atomic E-state index is 13.2. The lowest BCUT2D eigenvalue weighted by molar-refractivity contribution is 0.279. The van der Waals surface area contributed by atoms with Gasteiger partial charge in [-0.05, 0) is 24.6 Å². The molecule has 0 radical (unpaired) electrons. The van der Waals surface area contributed by atoms with Crippen LogP contribution in [0.1, 0.15) is 12.5 Å². The monoisotopic (exact) mass is 263 g/mol. The molecule has 4 nitrogen and oxygen atoms in total. The highest BCUT2D eigenvalue weighted by Crippen LogP contribution is 2.16.